The number of hydrogen-bond donors (Lipinski definition) is 2. The Morgan fingerprint density at radius 1 is 1.26 bits per heavy atom. The number of imidazole rings is 1. The molecule has 4 rings (SSSR count). The number of carbonyl (C=O) groups is 2. The smallest absolute Gasteiger partial charge is 0.245 e. The molecule has 3 aromatic rings. The first kappa shape index (κ1) is 26.8. The molecule has 2 atom stereocenters. The predicted molar refractivity (Wildman–Crippen MR) is 143 cm³/mol. The largest absolute Gasteiger partial charge is 0.497 e. The number of amides is 1. The standard InChI is InChI=1S/C29H31FN4O4/c1-4-13-38-25-10-9-23(30)27-26(25)19(14-22(28(27)35)18-5-7-21(37-3)8-6-18)11-12-33-29(36)24(31-2)15-20-16-32-17-34-20/h5-10,14,16-17,19,24H,2,4,11-13,15H2,1,3H3,(H,32,34)(H,33,36)/t19?,24-/m0/s1. The first-order chi connectivity index (χ1) is 18.5. The quantitative estimate of drug-likeness (QED) is 0.343. The van der Waals surface area contributed by atoms with Crippen LogP contribution in [-0.4, -0.2) is 54.7 Å². The Balaban J connectivity index is 1.61. The minimum absolute atomic E-state index is 0.00753. The van der Waals surface area contributed by atoms with E-state index >= 15 is 4.39 Å². The van der Waals surface area contributed by atoms with Crippen LogP contribution in [0, 0.1) is 5.82 Å². The zero-order valence-corrected chi connectivity index (χ0v) is 21.5. The molecule has 0 saturated carbocycles. The third kappa shape index (κ3) is 5.82. The highest BCUT2D eigenvalue weighted by molar-refractivity contribution is 6.30. The van der Waals surface area contributed by atoms with E-state index in [9.17, 15) is 9.59 Å². The van der Waals surface area contributed by atoms with Crippen molar-refractivity contribution in [2.45, 2.75) is 38.1 Å². The average Bonchev–Trinajstić information content (AvgIpc) is 3.45. The van der Waals surface area contributed by atoms with Crippen LogP contribution in [0.15, 0.2) is 60.0 Å². The van der Waals surface area contributed by atoms with Gasteiger partial charge >= 0.3 is 0 Å². The summed E-state index contributed by atoms with van der Waals surface area (Å²) in [5.41, 5.74) is 2.34. The van der Waals surface area contributed by atoms with E-state index in [2.05, 4.69) is 27.0 Å². The van der Waals surface area contributed by atoms with Gasteiger partial charge in [-0.3, -0.25) is 14.6 Å². The van der Waals surface area contributed by atoms with Crippen LogP contribution < -0.4 is 14.8 Å². The van der Waals surface area contributed by atoms with Gasteiger partial charge in [-0.15, -0.1) is 0 Å². The van der Waals surface area contributed by atoms with Crippen LogP contribution in [0.2, 0.25) is 0 Å². The van der Waals surface area contributed by atoms with E-state index in [4.69, 9.17) is 9.47 Å². The number of ketones is 1. The van der Waals surface area contributed by atoms with Crippen molar-refractivity contribution in [3.8, 4) is 11.5 Å². The van der Waals surface area contributed by atoms with Crippen LogP contribution in [0.3, 0.4) is 0 Å². The molecule has 0 aliphatic heterocycles. The fourth-order valence-electron chi connectivity index (χ4n) is 4.54. The molecule has 2 aromatic carbocycles. The van der Waals surface area contributed by atoms with Crippen LogP contribution in [0.25, 0.3) is 5.57 Å². The first-order valence-electron chi connectivity index (χ1n) is 12.5. The average molecular weight is 519 g/mol. The summed E-state index contributed by atoms with van der Waals surface area (Å²) < 4.78 is 26.3. The highest BCUT2D eigenvalue weighted by atomic mass is 19.1. The Morgan fingerprint density at radius 2 is 2.05 bits per heavy atom. The maximum absolute atomic E-state index is 15.2. The monoisotopic (exact) mass is 518 g/mol. The van der Waals surface area contributed by atoms with E-state index in [1.165, 1.54) is 6.07 Å². The first-order valence-corrected chi connectivity index (χ1v) is 12.5. The molecule has 0 saturated heterocycles. The molecule has 8 nitrogen and oxygen atoms in total. The Hall–Kier alpha value is -4.27. The third-order valence-electron chi connectivity index (χ3n) is 6.47. The summed E-state index contributed by atoms with van der Waals surface area (Å²) in [6, 6.07) is 9.22. The van der Waals surface area contributed by atoms with Gasteiger partial charge in [0.2, 0.25) is 5.91 Å². The number of fused-ring (bicyclic) bond motifs is 1. The highest BCUT2D eigenvalue weighted by Crippen LogP contribution is 2.42. The second-order valence-electron chi connectivity index (χ2n) is 8.99. The zero-order valence-electron chi connectivity index (χ0n) is 21.5. The molecule has 2 N–H and O–H groups in total. The van der Waals surface area contributed by atoms with E-state index < -0.39 is 17.6 Å². The SMILES string of the molecule is C=N[C@@H](Cc1cnc[nH]1)C(=O)NCCC1C=C(c2ccc(OC)cc2)C(=O)c2c(F)ccc(OCCC)c21. The maximum Gasteiger partial charge on any atom is 0.245 e. The number of nitrogens with one attached hydrogen (secondary N) is 2. The van der Waals surface area contributed by atoms with Gasteiger partial charge in [0.15, 0.2) is 5.78 Å². The molecule has 1 amide bonds. The number of methoxy groups -OCH3 is 1. The number of rotatable bonds is 12. The van der Waals surface area contributed by atoms with Gasteiger partial charge < -0.3 is 19.8 Å². The summed E-state index contributed by atoms with van der Waals surface area (Å²) in [4.78, 5) is 37.2. The van der Waals surface area contributed by atoms with Gasteiger partial charge in [-0.1, -0.05) is 25.1 Å². The fraction of sp³-hybridized carbons (Fsp3) is 0.310. The van der Waals surface area contributed by atoms with Crippen molar-refractivity contribution in [3.63, 3.8) is 0 Å². The fourth-order valence-corrected chi connectivity index (χ4v) is 4.54. The summed E-state index contributed by atoms with van der Waals surface area (Å²) in [5.74, 6) is -0.520. The predicted octanol–water partition coefficient (Wildman–Crippen LogP) is 4.53. The number of benzene rings is 2. The Morgan fingerprint density at radius 3 is 2.71 bits per heavy atom. The highest BCUT2D eigenvalue weighted by Gasteiger charge is 2.33. The number of hydrogen-bond acceptors (Lipinski definition) is 6. The number of H-pyrrole nitrogens is 1. The molecule has 0 fully saturated rings. The van der Waals surface area contributed by atoms with Gasteiger partial charge in [0.05, 0.1) is 25.6 Å². The van der Waals surface area contributed by atoms with Crippen molar-refractivity contribution in [2.75, 3.05) is 20.3 Å². The van der Waals surface area contributed by atoms with Crippen molar-refractivity contribution in [3.05, 3.63) is 83.2 Å². The molecule has 1 aliphatic carbocycles. The van der Waals surface area contributed by atoms with Gasteiger partial charge in [-0.05, 0) is 49.4 Å². The molecule has 0 radical (unpaired) electrons. The van der Waals surface area contributed by atoms with Crippen LogP contribution in [0.5, 0.6) is 11.5 Å². The minimum atomic E-state index is -0.679. The van der Waals surface area contributed by atoms with E-state index in [0.29, 0.717) is 47.6 Å². The van der Waals surface area contributed by atoms with Crippen LogP contribution in [-0.2, 0) is 11.2 Å². The Bertz CT molecular complexity index is 1320. The molecule has 1 aliphatic rings. The third-order valence-corrected chi connectivity index (χ3v) is 6.47. The summed E-state index contributed by atoms with van der Waals surface area (Å²) in [6.45, 7) is 6.24. The molecule has 1 aromatic heterocycles. The van der Waals surface area contributed by atoms with E-state index in [1.54, 1.807) is 50.0 Å². The van der Waals surface area contributed by atoms with Gasteiger partial charge in [0, 0.05) is 41.9 Å². The number of aromatic nitrogens is 2. The molecule has 1 unspecified atom stereocenters. The lowest BCUT2D eigenvalue weighted by molar-refractivity contribution is -0.122. The van der Waals surface area contributed by atoms with Crippen molar-refractivity contribution >= 4 is 24.0 Å². The van der Waals surface area contributed by atoms with Crippen LogP contribution >= 0.6 is 0 Å². The normalized spacial score (nSPS) is 15.3. The van der Waals surface area contributed by atoms with Gasteiger partial charge in [-0.25, -0.2) is 9.37 Å². The number of carbonyl (C=O) groups excluding carboxylic acids is 2. The van der Waals surface area contributed by atoms with E-state index in [-0.39, 0.29) is 23.9 Å². The summed E-state index contributed by atoms with van der Waals surface area (Å²) >= 11 is 0. The number of nitrogens with zero attached hydrogens (tertiary/aromatic N) is 2. The summed E-state index contributed by atoms with van der Waals surface area (Å²) in [5, 5.41) is 2.91. The summed E-state index contributed by atoms with van der Waals surface area (Å²) in [6.07, 6.45) is 6.55. The number of halogens is 1. The number of Topliss-reactive ketones (excluding diaryl/α,β-unsaturated/α-hetero) is 1. The molecular formula is C29H31FN4O4. The Labute approximate surface area is 221 Å². The number of aromatic amines is 1. The lowest BCUT2D eigenvalue weighted by Gasteiger charge is -2.27. The Kier molecular flexibility index (Phi) is 8.68. The van der Waals surface area contributed by atoms with Crippen molar-refractivity contribution in [1.82, 2.24) is 15.3 Å². The summed E-state index contributed by atoms with van der Waals surface area (Å²) in [7, 11) is 1.56. The van der Waals surface area contributed by atoms with Crippen molar-refractivity contribution in [1.29, 1.82) is 0 Å². The van der Waals surface area contributed by atoms with Crippen molar-refractivity contribution < 1.29 is 23.5 Å². The van der Waals surface area contributed by atoms with E-state index in [0.717, 1.165) is 12.1 Å². The number of aliphatic imine (C=N–C) groups is 1. The van der Waals surface area contributed by atoms with Gasteiger partial charge in [0.1, 0.15) is 23.4 Å². The van der Waals surface area contributed by atoms with E-state index in [1.807, 2.05) is 13.0 Å². The second kappa shape index (κ2) is 12.3. The van der Waals surface area contributed by atoms with Crippen molar-refractivity contribution in [2.24, 2.45) is 4.99 Å². The lowest BCUT2D eigenvalue weighted by Crippen LogP contribution is -2.36. The topological polar surface area (TPSA) is 106 Å². The molecule has 9 heteroatoms. The molecule has 0 bridgehead atoms. The van der Waals surface area contributed by atoms with Gasteiger partial charge in [0.25, 0.3) is 0 Å². The molecule has 198 valence electrons. The molecule has 0 spiro atoms. The van der Waals surface area contributed by atoms with Crippen LogP contribution in [0.4, 0.5) is 4.39 Å². The molecule has 1 heterocycles. The molecular weight excluding hydrogens is 487 g/mol. The minimum Gasteiger partial charge on any atom is -0.497 e. The van der Waals surface area contributed by atoms with Gasteiger partial charge in [-0.2, -0.15) is 0 Å². The van der Waals surface area contributed by atoms with Crippen LogP contribution in [0.1, 0.15) is 52.9 Å². The second-order valence-corrected chi connectivity index (χ2v) is 8.99. The number of allylic oxidation sites excluding steroid dienone is 2. The maximum atomic E-state index is 15.2. The lowest BCUT2D eigenvalue weighted by atomic mass is 9.78. The zero-order chi connectivity index (χ0) is 27.1. The molecule has 38 heavy (non-hydrogen) atoms. The number of ether oxygens (including phenoxy) is 2.